The first-order chi connectivity index (χ1) is 9.11. The van der Waals surface area contributed by atoms with Gasteiger partial charge in [-0.25, -0.2) is 4.98 Å². The lowest BCUT2D eigenvalue weighted by molar-refractivity contribution is -0.384. The average Bonchev–Trinajstić information content (AvgIpc) is 2.40. The molecule has 7 heteroatoms. The topological polar surface area (TPSA) is 68.5 Å². The SMILES string of the molecule is CCOC1CCN(c2ncc(Cl)cc2[N+](=O)[O-])CC1. The molecule has 6 nitrogen and oxygen atoms in total. The fourth-order valence-electron chi connectivity index (χ4n) is 2.27. The van der Waals surface area contributed by atoms with Gasteiger partial charge in [0.05, 0.1) is 16.0 Å². The fraction of sp³-hybridized carbons (Fsp3) is 0.583. The number of hydrogen-bond acceptors (Lipinski definition) is 5. The Kier molecular flexibility index (Phi) is 4.55. The van der Waals surface area contributed by atoms with Gasteiger partial charge < -0.3 is 9.64 Å². The van der Waals surface area contributed by atoms with Crippen molar-refractivity contribution >= 4 is 23.1 Å². The second kappa shape index (κ2) is 6.16. The molecule has 0 atom stereocenters. The Labute approximate surface area is 116 Å². The predicted molar refractivity (Wildman–Crippen MR) is 72.8 cm³/mol. The molecular formula is C12H16ClN3O3. The summed E-state index contributed by atoms with van der Waals surface area (Å²) in [6.45, 7) is 4.09. The molecule has 2 rings (SSSR count). The first kappa shape index (κ1) is 14.0. The third kappa shape index (κ3) is 3.33. The number of hydrogen-bond donors (Lipinski definition) is 0. The zero-order valence-corrected chi connectivity index (χ0v) is 11.5. The van der Waals surface area contributed by atoms with Crippen molar-refractivity contribution < 1.29 is 9.66 Å². The fourth-order valence-corrected chi connectivity index (χ4v) is 2.42. The third-order valence-corrected chi connectivity index (χ3v) is 3.36. The van der Waals surface area contributed by atoms with Gasteiger partial charge in [-0.2, -0.15) is 0 Å². The van der Waals surface area contributed by atoms with Gasteiger partial charge in [-0.05, 0) is 19.8 Å². The minimum atomic E-state index is -0.442. The van der Waals surface area contributed by atoms with E-state index in [2.05, 4.69) is 4.98 Å². The second-order valence-corrected chi connectivity index (χ2v) is 4.83. The van der Waals surface area contributed by atoms with Crippen LogP contribution in [0.1, 0.15) is 19.8 Å². The van der Waals surface area contributed by atoms with E-state index in [4.69, 9.17) is 16.3 Å². The summed E-state index contributed by atoms with van der Waals surface area (Å²) in [5.41, 5.74) is -0.0395. The van der Waals surface area contributed by atoms with Gasteiger partial charge in [-0.3, -0.25) is 10.1 Å². The Bertz CT molecular complexity index is 462. The molecule has 1 aromatic heterocycles. The molecule has 0 N–H and O–H groups in total. The van der Waals surface area contributed by atoms with Crippen LogP contribution in [-0.2, 0) is 4.74 Å². The van der Waals surface area contributed by atoms with E-state index in [0.29, 0.717) is 25.5 Å². The molecule has 0 bridgehead atoms. The van der Waals surface area contributed by atoms with Crippen molar-refractivity contribution in [1.82, 2.24) is 4.98 Å². The highest BCUT2D eigenvalue weighted by Gasteiger charge is 2.26. The number of pyridine rings is 1. The van der Waals surface area contributed by atoms with Crippen LogP contribution < -0.4 is 4.90 Å². The zero-order chi connectivity index (χ0) is 13.8. The lowest BCUT2D eigenvalue weighted by Crippen LogP contribution is -2.37. The maximum absolute atomic E-state index is 11.0. The number of nitro groups is 1. The molecule has 19 heavy (non-hydrogen) atoms. The summed E-state index contributed by atoms with van der Waals surface area (Å²) in [7, 11) is 0. The first-order valence-corrected chi connectivity index (χ1v) is 6.66. The van der Waals surface area contributed by atoms with Crippen LogP contribution in [0.2, 0.25) is 5.02 Å². The third-order valence-electron chi connectivity index (χ3n) is 3.15. The van der Waals surface area contributed by atoms with Crippen LogP contribution in [0.4, 0.5) is 11.5 Å². The van der Waals surface area contributed by atoms with Gasteiger partial charge in [-0.1, -0.05) is 11.6 Å². The van der Waals surface area contributed by atoms with Crippen LogP contribution in [0.5, 0.6) is 0 Å². The summed E-state index contributed by atoms with van der Waals surface area (Å²) in [6, 6.07) is 1.35. The number of rotatable bonds is 4. The summed E-state index contributed by atoms with van der Waals surface area (Å²) >= 11 is 5.76. The molecule has 1 aliphatic heterocycles. The molecular weight excluding hydrogens is 270 g/mol. The van der Waals surface area contributed by atoms with Crippen molar-refractivity contribution in [3.63, 3.8) is 0 Å². The van der Waals surface area contributed by atoms with Crippen LogP contribution in [0.15, 0.2) is 12.3 Å². The van der Waals surface area contributed by atoms with Gasteiger partial charge in [0.25, 0.3) is 0 Å². The highest BCUT2D eigenvalue weighted by atomic mass is 35.5. The Hall–Kier alpha value is -1.40. The monoisotopic (exact) mass is 285 g/mol. The van der Waals surface area contributed by atoms with E-state index in [1.165, 1.54) is 12.3 Å². The highest BCUT2D eigenvalue weighted by molar-refractivity contribution is 6.30. The molecule has 0 aromatic carbocycles. The van der Waals surface area contributed by atoms with Gasteiger partial charge >= 0.3 is 5.69 Å². The van der Waals surface area contributed by atoms with Gasteiger partial charge in [0, 0.05) is 32.0 Å². The number of nitrogens with zero attached hydrogens (tertiary/aromatic N) is 3. The predicted octanol–water partition coefficient (Wildman–Crippen LogP) is 2.65. The molecule has 1 saturated heterocycles. The summed E-state index contributed by atoms with van der Waals surface area (Å²) in [5.74, 6) is 0.393. The van der Waals surface area contributed by atoms with E-state index in [-0.39, 0.29) is 16.8 Å². The molecule has 0 spiro atoms. The first-order valence-electron chi connectivity index (χ1n) is 6.28. The quantitative estimate of drug-likeness (QED) is 0.628. The molecule has 0 unspecified atom stereocenters. The Balaban J connectivity index is 2.13. The Morgan fingerprint density at radius 3 is 2.84 bits per heavy atom. The van der Waals surface area contributed by atoms with Crippen molar-refractivity contribution in [2.45, 2.75) is 25.9 Å². The van der Waals surface area contributed by atoms with Crippen LogP contribution in [0, 0.1) is 10.1 Å². The average molecular weight is 286 g/mol. The Morgan fingerprint density at radius 2 is 2.26 bits per heavy atom. The van der Waals surface area contributed by atoms with E-state index in [1.54, 1.807) is 0 Å². The number of ether oxygens (including phenoxy) is 1. The summed E-state index contributed by atoms with van der Waals surface area (Å²) in [5, 5.41) is 11.3. The second-order valence-electron chi connectivity index (χ2n) is 4.40. The molecule has 0 radical (unpaired) electrons. The highest BCUT2D eigenvalue weighted by Crippen LogP contribution is 2.30. The van der Waals surface area contributed by atoms with Crippen LogP contribution in [-0.4, -0.2) is 35.7 Å². The van der Waals surface area contributed by atoms with E-state index in [9.17, 15) is 10.1 Å². The smallest absolute Gasteiger partial charge is 0.313 e. The van der Waals surface area contributed by atoms with Crippen molar-refractivity contribution in [3.05, 3.63) is 27.4 Å². The normalized spacial score (nSPS) is 16.6. The van der Waals surface area contributed by atoms with Gasteiger partial charge in [0.1, 0.15) is 0 Å². The Morgan fingerprint density at radius 1 is 1.58 bits per heavy atom. The van der Waals surface area contributed by atoms with Crippen LogP contribution in [0.25, 0.3) is 0 Å². The van der Waals surface area contributed by atoms with Crippen LogP contribution >= 0.6 is 11.6 Å². The van der Waals surface area contributed by atoms with Crippen molar-refractivity contribution in [1.29, 1.82) is 0 Å². The molecule has 1 aromatic rings. The van der Waals surface area contributed by atoms with E-state index >= 15 is 0 Å². The maximum atomic E-state index is 11.0. The molecule has 2 heterocycles. The summed E-state index contributed by atoms with van der Waals surface area (Å²) in [4.78, 5) is 16.6. The lowest BCUT2D eigenvalue weighted by atomic mass is 10.1. The maximum Gasteiger partial charge on any atom is 0.313 e. The van der Waals surface area contributed by atoms with Crippen molar-refractivity contribution in [2.24, 2.45) is 0 Å². The molecule has 1 aliphatic rings. The number of halogens is 1. The van der Waals surface area contributed by atoms with Crippen LogP contribution in [0.3, 0.4) is 0 Å². The van der Waals surface area contributed by atoms with E-state index in [1.807, 2.05) is 11.8 Å². The largest absolute Gasteiger partial charge is 0.378 e. The minimum absolute atomic E-state index is 0.0395. The molecule has 1 fully saturated rings. The molecule has 104 valence electrons. The number of aromatic nitrogens is 1. The molecule has 0 saturated carbocycles. The van der Waals surface area contributed by atoms with Crippen molar-refractivity contribution in [2.75, 3.05) is 24.6 Å². The van der Waals surface area contributed by atoms with Gasteiger partial charge in [-0.15, -0.1) is 0 Å². The molecule has 0 aliphatic carbocycles. The van der Waals surface area contributed by atoms with Gasteiger partial charge in [0.2, 0.25) is 5.82 Å². The van der Waals surface area contributed by atoms with E-state index in [0.717, 1.165) is 12.8 Å². The number of piperidine rings is 1. The molecule has 0 amide bonds. The zero-order valence-electron chi connectivity index (χ0n) is 10.7. The summed E-state index contributed by atoms with van der Waals surface area (Å²) in [6.07, 6.45) is 3.40. The van der Waals surface area contributed by atoms with Crippen molar-refractivity contribution in [3.8, 4) is 0 Å². The minimum Gasteiger partial charge on any atom is -0.378 e. The summed E-state index contributed by atoms with van der Waals surface area (Å²) < 4.78 is 5.56. The lowest BCUT2D eigenvalue weighted by Gasteiger charge is -2.32. The number of anilines is 1. The van der Waals surface area contributed by atoms with E-state index < -0.39 is 4.92 Å². The van der Waals surface area contributed by atoms with Gasteiger partial charge in [0.15, 0.2) is 0 Å². The standard InChI is InChI=1S/C12H16ClN3O3/c1-2-19-10-3-5-15(6-4-10)12-11(16(17)18)7-9(13)8-14-12/h7-8,10H,2-6H2,1H3.